The smallest absolute Gasteiger partial charge is 0.341 e. The SMILES string of the molecule is CCOC(=O)c1cnn2c(Cl)c(Cl)ccc12. The van der Waals surface area contributed by atoms with E-state index in [2.05, 4.69) is 5.10 Å². The van der Waals surface area contributed by atoms with Gasteiger partial charge in [-0.25, -0.2) is 9.31 Å². The Morgan fingerprint density at radius 1 is 1.50 bits per heavy atom. The van der Waals surface area contributed by atoms with Gasteiger partial charge in [-0.3, -0.25) is 0 Å². The fraction of sp³-hybridized carbons (Fsp3) is 0.200. The fourth-order valence-electron chi connectivity index (χ4n) is 1.36. The zero-order valence-corrected chi connectivity index (χ0v) is 9.92. The number of aromatic nitrogens is 2. The van der Waals surface area contributed by atoms with Crippen LogP contribution in [0.3, 0.4) is 0 Å². The molecule has 4 nitrogen and oxygen atoms in total. The van der Waals surface area contributed by atoms with Crippen molar-refractivity contribution < 1.29 is 9.53 Å². The van der Waals surface area contributed by atoms with Crippen LogP contribution in [0.1, 0.15) is 17.3 Å². The van der Waals surface area contributed by atoms with E-state index in [0.29, 0.717) is 22.7 Å². The molecule has 0 spiro atoms. The molecule has 0 atom stereocenters. The third kappa shape index (κ3) is 1.74. The molecule has 0 unspecified atom stereocenters. The van der Waals surface area contributed by atoms with Gasteiger partial charge in [0.2, 0.25) is 0 Å². The molecule has 2 aromatic heterocycles. The lowest BCUT2D eigenvalue weighted by Crippen LogP contribution is -2.04. The van der Waals surface area contributed by atoms with Crippen molar-refractivity contribution in [1.29, 1.82) is 0 Å². The molecule has 0 fully saturated rings. The van der Waals surface area contributed by atoms with Crippen LogP contribution >= 0.6 is 23.2 Å². The van der Waals surface area contributed by atoms with E-state index in [9.17, 15) is 4.79 Å². The first-order valence-electron chi connectivity index (χ1n) is 4.64. The van der Waals surface area contributed by atoms with Gasteiger partial charge in [-0.2, -0.15) is 5.10 Å². The molecule has 6 heteroatoms. The highest BCUT2D eigenvalue weighted by Gasteiger charge is 2.15. The molecule has 0 saturated heterocycles. The number of hydrogen-bond donors (Lipinski definition) is 0. The van der Waals surface area contributed by atoms with Gasteiger partial charge in [0.25, 0.3) is 0 Å². The number of esters is 1. The highest BCUT2D eigenvalue weighted by Crippen LogP contribution is 2.24. The molecule has 2 heterocycles. The highest BCUT2D eigenvalue weighted by molar-refractivity contribution is 6.41. The first-order valence-corrected chi connectivity index (χ1v) is 5.39. The van der Waals surface area contributed by atoms with E-state index in [1.807, 2.05) is 0 Å². The van der Waals surface area contributed by atoms with Crippen LogP contribution in [0.4, 0.5) is 0 Å². The van der Waals surface area contributed by atoms with Gasteiger partial charge in [-0.1, -0.05) is 23.2 Å². The number of nitrogens with zero attached hydrogens (tertiary/aromatic N) is 2. The second-order valence-corrected chi connectivity index (χ2v) is 3.81. The third-order valence-corrected chi connectivity index (χ3v) is 2.84. The van der Waals surface area contributed by atoms with Crippen LogP contribution in [0.5, 0.6) is 0 Å². The number of carbonyl (C=O) groups excluding carboxylic acids is 1. The lowest BCUT2D eigenvalue weighted by atomic mass is 10.2. The van der Waals surface area contributed by atoms with E-state index in [-0.39, 0.29) is 5.15 Å². The normalized spacial score (nSPS) is 10.7. The maximum Gasteiger partial charge on any atom is 0.341 e. The van der Waals surface area contributed by atoms with E-state index in [4.69, 9.17) is 27.9 Å². The third-order valence-electron chi connectivity index (χ3n) is 2.07. The molecule has 2 rings (SSSR count). The van der Waals surface area contributed by atoms with Gasteiger partial charge in [0, 0.05) is 0 Å². The summed E-state index contributed by atoms with van der Waals surface area (Å²) in [4.78, 5) is 11.6. The zero-order valence-electron chi connectivity index (χ0n) is 8.41. The summed E-state index contributed by atoms with van der Waals surface area (Å²) >= 11 is 11.8. The van der Waals surface area contributed by atoms with Gasteiger partial charge in [-0.15, -0.1) is 0 Å². The summed E-state index contributed by atoms with van der Waals surface area (Å²) in [5.74, 6) is -0.420. The second kappa shape index (κ2) is 4.31. The van der Waals surface area contributed by atoms with E-state index >= 15 is 0 Å². The van der Waals surface area contributed by atoms with Gasteiger partial charge in [-0.05, 0) is 19.1 Å². The first kappa shape index (κ1) is 11.2. The Labute approximate surface area is 102 Å². The average Bonchev–Trinajstić information content (AvgIpc) is 2.68. The van der Waals surface area contributed by atoms with Crippen molar-refractivity contribution in [2.24, 2.45) is 0 Å². The topological polar surface area (TPSA) is 43.6 Å². The van der Waals surface area contributed by atoms with Crippen molar-refractivity contribution in [3.8, 4) is 0 Å². The fourth-order valence-corrected chi connectivity index (χ4v) is 1.70. The Morgan fingerprint density at radius 2 is 2.25 bits per heavy atom. The summed E-state index contributed by atoms with van der Waals surface area (Å²) in [6.45, 7) is 2.06. The quantitative estimate of drug-likeness (QED) is 0.615. The van der Waals surface area contributed by atoms with Crippen LogP contribution in [0, 0.1) is 0 Å². The average molecular weight is 259 g/mol. The zero-order chi connectivity index (χ0) is 11.7. The Bertz CT molecular complexity index is 551. The summed E-state index contributed by atoms with van der Waals surface area (Å²) in [6.07, 6.45) is 1.41. The molecule has 2 aromatic rings. The Morgan fingerprint density at radius 3 is 2.94 bits per heavy atom. The molecule has 0 aliphatic rings. The lowest BCUT2D eigenvalue weighted by Gasteiger charge is -2.01. The molecule has 0 bridgehead atoms. The van der Waals surface area contributed by atoms with Crippen molar-refractivity contribution in [3.63, 3.8) is 0 Å². The molecule has 0 aliphatic heterocycles. The highest BCUT2D eigenvalue weighted by atomic mass is 35.5. The number of hydrogen-bond acceptors (Lipinski definition) is 3. The van der Waals surface area contributed by atoms with Crippen LogP contribution in [0.25, 0.3) is 5.52 Å². The molecular formula is C10H8Cl2N2O2. The summed E-state index contributed by atoms with van der Waals surface area (Å²) in [5, 5.41) is 4.64. The van der Waals surface area contributed by atoms with Crippen LogP contribution in [-0.2, 0) is 4.74 Å². The predicted molar refractivity (Wildman–Crippen MR) is 61.2 cm³/mol. The van der Waals surface area contributed by atoms with Gasteiger partial charge in [0.15, 0.2) is 0 Å². The standard InChI is InChI=1S/C10H8Cl2N2O2/c1-2-16-10(15)6-5-13-14-8(6)4-3-7(11)9(14)12/h3-5H,2H2,1H3. The Balaban J connectivity index is 2.58. The number of pyridine rings is 1. The van der Waals surface area contributed by atoms with Crippen LogP contribution in [0.2, 0.25) is 10.2 Å². The molecule has 0 saturated carbocycles. The minimum absolute atomic E-state index is 0.273. The van der Waals surface area contributed by atoms with Crippen molar-refractivity contribution in [1.82, 2.24) is 9.61 Å². The maximum absolute atomic E-state index is 11.6. The molecule has 0 radical (unpaired) electrons. The number of ether oxygens (including phenoxy) is 1. The summed E-state index contributed by atoms with van der Waals surface area (Å²) in [6, 6.07) is 3.29. The minimum Gasteiger partial charge on any atom is -0.462 e. The molecular weight excluding hydrogens is 251 g/mol. The van der Waals surface area contributed by atoms with Crippen LogP contribution in [-0.4, -0.2) is 22.2 Å². The van der Waals surface area contributed by atoms with Crippen molar-refractivity contribution in [2.75, 3.05) is 6.61 Å². The number of rotatable bonds is 2. The van der Waals surface area contributed by atoms with Gasteiger partial charge >= 0.3 is 5.97 Å². The van der Waals surface area contributed by atoms with E-state index in [0.717, 1.165) is 0 Å². The second-order valence-electron chi connectivity index (χ2n) is 3.05. The number of carbonyl (C=O) groups is 1. The van der Waals surface area contributed by atoms with Crippen LogP contribution < -0.4 is 0 Å². The molecule has 0 amide bonds. The van der Waals surface area contributed by atoms with E-state index in [1.165, 1.54) is 10.7 Å². The number of fused-ring (bicyclic) bond motifs is 1. The molecule has 16 heavy (non-hydrogen) atoms. The van der Waals surface area contributed by atoms with Crippen molar-refractivity contribution >= 4 is 34.7 Å². The van der Waals surface area contributed by atoms with Gasteiger partial charge in [0.1, 0.15) is 10.7 Å². The largest absolute Gasteiger partial charge is 0.462 e. The minimum atomic E-state index is -0.420. The van der Waals surface area contributed by atoms with Gasteiger partial charge < -0.3 is 4.74 Å². The summed E-state index contributed by atoms with van der Waals surface area (Å²) < 4.78 is 6.30. The monoisotopic (exact) mass is 258 g/mol. The molecule has 0 aliphatic carbocycles. The summed E-state index contributed by atoms with van der Waals surface area (Å²) in [5.41, 5.74) is 0.952. The molecule has 0 N–H and O–H groups in total. The molecule has 84 valence electrons. The molecule has 0 aromatic carbocycles. The number of halogens is 2. The van der Waals surface area contributed by atoms with Crippen LogP contribution in [0.15, 0.2) is 18.3 Å². The van der Waals surface area contributed by atoms with Crippen molar-refractivity contribution in [2.45, 2.75) is 6.92 Å². The lowest BCUT2D eigenvalue weighted by molar-refractivity contribution is 0.0528. The maximum atomic E-state index is 11.6. The first-order chi connectivity index (χ1) is 7.65. The van der Waals surface area contributed by atoms with Crippen molar-refractivity contribution in [3.05, 3.63) is 34.1 Å². The van der Waals surface area contributed by atoms with E-state index < -0.39 is 5.97 Å². The Hall–Kier alpha value is -1.26. The summed E-state index contributed by atoms with van der Waals surface area (Å²) in [7, 11) is 0. The Kier molecular flexibility index (Phi) is 3.03. The predicted octanol–water partition coefficient (Wildman–Crippen LogP) is 2.82. The van der Waals surface area contributed by atoms with E-state index in [1.54, 1.807) is 19.1 Å². The van der Waals surface area contributed by atoms with Gasteiger partial charge in [0.05, 0.1) is 23.3 Å².